The van der Waals surface area contributed by atoms with Crippen LogP contribution in [-0.4, -0.2) is 31.1 Å². The maximum Gasteiger partial charge on any atom is 0.305 e. The van der Waals surface area contributed by atoms with E-state index in [-0.39, 0.29) is 11.9 Å². The Labute approximate surface area is 129 Å². The zero-order valence-electron chi connectivity index (χ0n) is 13.2. The zero-order chi connectivity index (χ0) is 16.3. The normalized spacial score (nSPS) is 15.7. The van der Waals surface area contributed by atoms with Crippen LogP contribution in [0.1, 0.15) is 28.9 Å². The summed E-state index contributed by atoms with van der Waals surface area (Å²) in [6, 6.07) is 0. The van der Waals surface area contributed by atoms with Crippen molar-refractivity contribution in [2.45, 2.75) is 26.7 Å². The molecule has 0 bridgehead atoms. The summed E-state index contributed by atoms with van der Waals surface area (Å²) < 4.78 is 9.87. The van der Waals surface area contributed by atoms with Crippen LogP contribution in [0.25, 0.3) is 6.08 Å². The van der Waals surface area contributed by atoms with Crippen LogP contribution < -0.4 is 5.32 Å². The molecule has 0 atom stereocenters. The van der Waals surface area contributed by atoms with E-state index >= 15 is 0 Å². The number of nitrogens with one attached hydrogen (secondary N) is 2. The maximum absolute atomic E-state index is 11.4. The minimum absolute atomic E-state index is 0.209. The van der Waals surface area contributed by atoms with Crippen LogP contribution in [0.3, 0.4) is 0 Å². The fourth-order valence-corrected chi connectivity index (χ4v) is 2.42. The molecule has 0 aliphatic carbocycles. The Morgan fingerprint density at radius 1 is 1.32 bits per heavy atom. The lowest BCUT2D eigenvalue weighted by Gasteiger charge is -2.06. The van der Waals surface area contributed by atoms with Crippen LogP contribution in [0, 0.1) is 13.8 Å². The third-order valence-corrected chi connectivity index (χ3v) is 3.76. The van der Waals surface area contributed by atoms with E-state index in [9.17, 15) is 9.59 Å². The van der Waals surface area contributed by atoms with Gasteiger partial charge in [-0.15, -0.1) is 0 Å². The molecule has 22 heavy (non-hydrogen) atoms. The molecule has 2 heterocycles. The molecular formula is C16H20N2O4. The fourth-order valence-electron chi connectivity index (χ4n) is 2.42. The van der Waals surface area contributed by atoms with Crippen LogP contribution in [0.5, 0.6) is 0 Å². The van der Waals surface area contributed by atoms with E-state index in [0.29, 0.717) is 24.3 Å². The van der Waals surface area contributed by atoms with Gasteiger partial charge in [0.25, 0.3) is 5.91 Å². The van der Waals surface area contributed by atoms with Crippen molar-refractivity contribution < 1.29 is 19.1 Å². The lowest BCUT2D eigenvalue weighted by Crippen LogP contribution is -2.14. The third-order valence-electron chi connectivity index (χ3n) is 3.76. The summed E-state index contributed by atoms with van der Waals surface area (Å²) in [7, 11) is 2.90. The van der Waals surface area contributed by atoms with Crippen LogP contribution in [0.15, 0.2) is 17.5 Å². The van der Waals surface area contributed by atoms with Crippen molar-refractivity contribution in [3.63, 3.8) is 0 Å². The molecule has 2 N–H and O–H groups in total. The average molecular weight is 304 g/mol. The number of esters is 1. The summed E-state index contributed by atoms with van der Waals surface area (Å²) >= 11 is 0. The van der Waals surface area contributed by atoms with Crippen molar-refractivity contribution in [3.05, 3.63) is 40.0 Å². The average Bonchev–Trinajstić information content (AvgIpc) is 2.97. The Morgan fingerprint density at radius 2 is 2.05 bits per heavy atom. The Morgan fingerprint density at radius 3 is 2.68 bits per heavy atom. The minimum Gasteiger partial charge on any atom is -0.494 e. The van der Waals surface area contributed by atoms with Crippen LogP contribution in [-0.2, 0) is 25.5 Å². The Balaban J connectivity index is 2.31. The topological polar surface area (TPSA) is 80.4 Å². The second kappa shape index (κ2) is 6.51. The number of carbonyl (C=O) groups excluding carboxylic acids is 2. The van der Waals surface area contributed by atoms with E-state index in [1.807, 2.05) is 19.9 Å². The smallest absolute Gasteiger partial charge is 0.305 e. The molecule has 0 saturated carbocycles. The first-order valence-electron chi connectivity index (χ1n) is 6.99. The molecule has 2 rings (SSSR count). The second-order valence-corrected chi connectivity index (χ2v) is 5.10. The number of rotatable bonds is 5. The van der Waals surface area contributed by atoms with Crippen molar-refractivity contribution in [1.82, 2.24) is 10.3 Å². The molecule has 6 nitrogen and oxygen atoms in total. The van der Waals surface area contributed by atoms with E-state index in [0.717, 1.165) is 22.5 Å². The van der Waals surface area contributed by atoms with Crippen LogP contribution in [0.4, 0.5) is 0 Å². The van der Waals surface area contributed by atoms with Crippen molar-refractivity contribution in [2.75, 3.05) is 14.2 Å². The molecule has 1 aliphatic heterocycles. The highest BCUT2D eigenvalue weighted by atomic mass is 16.5. The standard InChI is InChI=1S/C16H20N2O4/c1-9-10(2)17-12(11(9)5-6-16(20)22-4)7-13-14(21-3)8-15(19)18-13/h7-8,17H,5-6H2,1-4H3,(H,18,19)/b13-7-. The Hall–Kier alpha value is -2.50. The predicted octanol–water partition coefficient (Wildman–Crippen LogP) is 1.74. The molecule has 1 amide bonds. The van der Waals surface area contributed by atoms with Crippen molar-refractivity contribution in [2.24, 2.45) is 0 Å². The lowest BCUT2D eigenvalue weighted by atomic mass is 10.0. The third kappa shape index (κ3) is 3.21. The second-order valence-electron chi connectivity index (χ2n) is 5.10. The van der Waals surface area contributed by atoms with Crippen molar-refractivity contribution in [1.29, 1.82) is 0 Å². The van der Waals surface area contributed by atoms with Crippen molar-refractivity contribution >= 4 is 18.0 Å². The number of aromatic amines is 1. The number of H-pyrrole nitrogens is 1. The number of hydrogen-bond acceptors (Lipinski definition) is 4. The first kappa shape index (κ1) is 15.9. The monoisotopic (exact) mass is 304 g/mol. The summed E-state index contributed by atoms with van der Waals surface area (Å²) in [5.74, 6) is 0.0385. The van der Waals surface area contributed by atoms with Gasteiger partial charge in [-0.05, 0) is 37.5 Å². The summed E-state index contributed by atoms with van der Waals surface area (Å²) in [5, 5.41) is 2.73. The molecule has 0 unspecified atom stereocenters. The highest BCUT2D eigenvalue weighted by molar-refractivity contribution is 5.95. The molecule has 1 aromatic heterocycles. The quantitative estimate of drug-likeness (QED) is 0.812. The fraction of sp³-hybridized carbons (Fsp3) is 0.375. The highest BCUT2D eigenvalue weighted by Gasteiger charge is 2.20. The van der Waals surface area contributed by atoms with E-state index in [1.165, 1.54) is 20.3 Å². The largest absolute Gasteiger partial charge is 0.494 e. The SMILES string of the molecule is COC(=O)CCc1c(/C=C2\NC(=O)C=C2OC)[nH]c(C)c1C. The van der Waals surface area contributed by atoms with Gasteiger partial charge in [0.1, 0.15) is 5.76 Å². The van der Waals surface area contributed by atoms with Gasteiger partial charge in [-0.1, -0.05) is 0 Å². The predicted molar refractivity (Wildman–Crippen MR) is 81.8 cm³/mol. The molecule has 0 aromatic carbocycles. The van der Waals surface area contributed by atoms with Gasteiger partial charge in [-0.2, -0.15) is 0 Å². The molecular weight excluding hydrogens is 284 g/mol. The van der Waals surface area contributed by atoms with Gasteiger partial charge in [-0.25, -0.2) is 0 Å². The van der Waals surface area contributed by atoms with Crippen LogP contribution in [0.2, 0.25) is 0 Å². The maximum atomic E-state index is 11.4. The van der Waals surface area contributed by atoms with Gasteiger partial charge in [0, 0.05) is 23.9 Å². The number of amides is 1. The van der Waals surface area contributed by atoms with Gasteiger partial charge < -0.3 is 19.8 Å². The highest BCUT2D eigenvalue weighted by Crippen LogP contribution is 2.24. The van der Waals surface area contributed by atoms with Crippen LogP contribution >= 0.6 is 0 Å². The van der Waals surface area contributed by atoms with E-state index < -0.39 is 0 Å². The summed E-state index contributed by atoms with van der Waals surface area (Å²) in [4.78, 5) is 26.1. The molecule has 1 aliphatic rings. The van der Waals surface area contributed by atoms with Gasteiger partial charge in [-0.3, -0.25) is 9.59 Å². The summed E-state index contributed by atoms with van der Waals surface area (Å²) in [6.07, 6.45) is 4.11. The lowest BCUT2D eigenvalue weighted by molar-refractivity contribution is -0.140. The van der Waals surface area contributed by atoms with E-state index in [4.69, 9.17) is 4.74 Å². The summed E-state index contributed by atoms with van der Waals surface area (Å²) in [6.45, 7) is 3.97. The first-order valence-corrected chi connectivity index (χ1v) is 6.99. The minimum atomic E-state index is -0.247. The number of ether oxygens (including phenoxy) is 2. The number of aromatic nitrogens is 1. The zero-order valence-corrected chi connectivity index (χ0v) is 13.2. The summed E-state index contributed by atoms with van der Waals surface area (Å²) in [5.41, 5.74) is 4.63. The Kier molecular flexibility index (Phi) is 4.70. The molecule has 0 radical (unpaired) electrons. The first-order chi connectivity index (χ1) is 10.5. The van der Waals surface area contributed by atoms with E-state index in [1.54, 1.807) is 0 Å². The molecule has 0 spiro atoms. The van der Waals surface area contributed by atoms with Gasteiger partial charge in [0.2, 0.25) is 0 Å². The van der Waals surface area contributed by atoms with Gasteiger partial charge in [0.15, 0.2) is 0 Å². The van der Waals surface area contributed by atoms with Gasteiger partial charge >= 0.3 is 5.97 Å². The molecule has 0 fully saturated rings. The Bertz CT molecular complexity index is 668. The van der Waals surface area contributed by atoms with Crippen molar-refractivity contribution in [3.8, 4) is 0 Å². The number of methoxy groups -OCH3 is 2. The molecule has 6 heteroatoms. The molecule has 1 aromatic rings. The number of aryl methyl sites for hydroxylation is 1. The molecule has 118 valence electrons. The van der Waals surface area contributed by atoms with E-state index in [2.05, 4.69) is 15.0 Å². The number of carbonyl (C=O) groups is 2. The van der Waals surface area contributed by atoms with Gasteiger partial charge in [0.05, 0.1) is 19.9 Å². The number of hydrogen-bond donors (Lipinski definition) is 2. The molecule has 0 saturated heterocycles.